The van der Waals surface area contributed by atoms with Crippen molar-refractivity contribution >= 4 is 29.1 Å². The van der Waals surface area contributed by atoms with Crippen LogP contribution in [0.2, 0.25) is 10.0 Å². The first-order valence-corrected chi connectivity index (χ1v) is 8.68. The predicted octanol–water partition coefficient (Wildman–Crippen LogP) is 3.87. The lowest BCUT2D eigenvalue weighted by molar-refractivity contribution is -0.141. The minimum absolute atomic E-state index is 0.201. The summed E-state index contributed by atoms with van der Waals surface area (Å²) in [5.74, 6) is -0.238. The van der Waals surface area contributed by atoms with Gasteiger partial charge in [-0.05, 0) is 19.8 Å². The Labute approximate surface area is 158 Å². The average Bonchev–Trinajstić information content (AvgIpc) is 3.10. The van der Waals surface area contributed by atoms with E-state index in [2.05, 4.69) is 15.5 Å². The molecule has 1 atom stereocenters. The molecule has 0 aliphatic rings. The zero-order valence-corrected chi connectivity index (χ0v) is 15.7. The fraction of sp³-hybridized carbons (Fsp3) is 0.533. The van der Waals surface area contributed by atoms with Crippen LogP contribution in [-0.2, 0) is 17.5 Å². The highest BCUT2D eigenvalue weighted by Crippen LogP contribution is 2.35. The maximum atomic E-state index is 12.8. The molecule has 144 valence electrons. The lowest BCUT2D eigenvalue weighted by Crippen LogP contribution is -2.33. The van der Waals surface area contributed by atoms with Crippen LogP contribution in [0.4, 0.5) is 13.2 Å². The van der Waals surface area contributed by atoms with E-state index >= 15 is 0 Å². The molecule has 0 aliphatic heterocycles. The Kier molecular flexibility index (Phi) is 6.57. The number of aryl methyl sites for hydroxylation is 1. The molecule has 2 rings (SSSR count). The van der Waals surface area contributed by atoms with E-state index in [1.54, 1.807) is 6.20 Å². The summed E-state index contributed by atoms with van der Waals surface area (Å²) in [5, 5.41) is 10.3. The van der Waals surface area contributed by atoms with Crippen molar-refractivity contribution in [3.63, 3.8) is 0 Å². The maximum Gasteiger partial charge on any atom is 0.436 e. The van der Waals surface area contributed by atoms with Gasteiger partial charge < -0.3 is 5.32 Å². The second-order valence-electron chi connectivity index (χ2n) is 5.68. The molecule has 0 radical (unpaired) electrons. The van der Waals surface area contributed by atoms with Crippen molar-refractivity contribution in [1.82, 2.24) is 24.9 Å². The van der Waals surface area contributed by atoms with E-state index in [0.717, 1.165) is 0 Å². The standard InChI is InChI=1S/C15H18Cl2F3N5O/c1-3-11(25-8-10(16)7-22-25)14(26)21-5-4-6-24-9(2)12(17)13(23-24)15(18,19)20/h7-8,11H,3-6H2,1-2H3,(H,21,26). The second kappa shape index (κ2) is 8.30. The number of rotatable bonds is 7. The number of aromatic nitrogens is 4. The molecular formula is C15H18Cl2F3N5O. The molecule has 2 aromatic heterocycles. The Bertz CT molecular complexity index is 772. The smallest absolute Gasteiger partial charge is 0.354 e. The van der Waals surface area contributed by atoms with Crippen molar-refractivity contribution in [2.45, 2.75) is 45.5 Å². The highest BCUT2D eigenvalue weighted by molar-refractivity contribution is 6.32. The fourth-order valence-corrected chi connectivity index (χ4v) is 2.85. The summed E-state index contributed by atoms with van der Waals surface area (Å²) < 4.78 is 41.0. The number of alkyl halides is 3. The van der Waals surface area contributed by atoms with Crippen LogP contribution in [-0.4, -0.2) is 32.0 Å². The van der Waals surface area contributed by atoms with Crippen molar-refractivity contribution in [2.24, 2.45) is 0 Å². The molecule has 0 fully saturated rings. The molecule has 2 aromatic rings. The quantitative estimate of drug-likeness (QED) is 0.703. The third-order valence-corrected chi connectivity index (χ3v) is 4.47. The number of carbonyl (C=O) groups excluding carboxylic acids is 1. The van der Waals surface area contributed by atoms with Gasteiger partial charge in [0.15, 0.2) is 5.69 Å². The normalized spacial score (nSPS) is 13.0. The second-order valence-corrected chi connectivity index (χ2v) is 6.49. The SMILES string of the molecule is CCC(C(=O)NCCCn1nc(C(F)(F)F)c(Cl)c1C)n1cc(Cl)cn1. The number of carbonyl (C=O) groups is 1. The summed E-state index contributed by atoms with van der Waals surface area (Å²) in [6, 6.07) is -0.500. The van der Waals surface area contributed by atoms with Gasteiger partial charge in [0.2, 0.25) is 5.91 Å². The van der Waals surface area contributed by atoms with Gasteiger partial charge in [-0.1, -0.05) is 30.1 Å². The third kappa shape index (κ3) is 4.70. The first-order chi connectivity index (χ1) is 12.1. The van der Waals surface area contributed by atoms with Crippen molar-refractivity contribution in [3.05, 3.63) is 33.8 Å². The highest BCUT2D eigenvalue weighted by Gasteiger charge is 2.38. The summed E-state index contributed by atoms with van der Waals surface area (Å²) >= 11 is 11.5. The summed E-state index contributed by atoms with van der Waals surface area (Å²) in [7, 11) is 0. The summed E-state index contributed by atoms with van der Waals surface area (Å²) in [4.78, 5) is 12.2. The van der Waals surface area contributed by atoms with Gasteiger partial charge in [0.05, 0.1) is 21.9 Å². The number of nitrogens with one attached hydrogen (secondary N) is 1. The van der Waals surface area contributed by atoms with E-state index in [-0.39, 0.29) is 24.7 Å². The molecule has 1 N–H and O–H groups in total. The Hall–Kier alpha value is -1.74. The molecule has 0 aliphatic carbocycles. The molecule has 26 heavy (non-hydrogen) atoms. The van der Waals surface area contributed by atoms with Gasteiger partial charge in [0.1, 0.15) is 6.04 Å². The molecule has 0 spiro atoms. The van der Waals surface area contributed by atoms with Crippen LogP contribution in [0.1, 0.15) is 37.2 Å². The molecule has 1 amide bonds. The van der Waals surface area contributed by atoms with Crippen LogP contribution in [0, 0.1) is 6.92 Å². The van der Waals surface area contributed by atoms with E-state index in [1.807, 2.05) is 6.92 Å². The monoisotopic (exact) mass is 411 g/mol. The van der Waals surface area contributed by atoms with Crippen LogP contribution < -0.4 is 5.32 Å². The van der Waals surface area contributed by atoms with Gasteiger partial charge in [-0.15, -0.1) is 0 Å². The van der Waals surface area contributed by atoms with Crippen LogP contribution in [0.25, 0.3) is 0 Å². The minimum atomic E-state index is -4.60. The van der Waals surface area contributed by atoms with Crippen molar-refractivity contribution in [1.29, 1.82) is 0 Å². The minimum Gasteiger partial charge on any atom is -0.354 e. The lowest BCUT2D eigenvalue weighted by atomic mass is 10.2. The zero-order valence-electron chi connectivity index (χ0n) is 14.1. The molecule has 1 unspecified atom stereocenters. The molecule has 2 heterocycles. The van der Waals surface area contributed by atoms with Crippen molar-refractivity contribution in [2.75, 3.05) is 6.54 Å². The van der Waals surface area contributed by atoms with E-state index < -0.39 is 22.9 Å². The zero-order chi connectivity index (χ0) is 19.5. The highest BCUT2D eigenvalue weighted by atomic mass is 35.5. The fourth-order valence-electron chi connectivity index (χ4n) is 2.46. The maximum absolute atomic E-state index is 12.8. The first-order valence-electron chi connectivity index (χ1n) is 7.92. The molecular weight excluding hydrogens is 394 g/mol. The van der Waals surface area contributed by atoms with Gasteiger partial charge in [-0.3, -0.25) is 14.2 Å². The lowest BCUT2D eigenvalue weighted by Gasteiger charge is -2.15. The van der Waals surface area contributed by atoms with Gasteiger partial charge >= 0.3 is 6.18 Å². The molecule has 0 saturated heterocycles. The molecule has 0 aromatic carbocycles. The molecule has 6 nitrogen and oxygen atoms in total. The Morgan fingerprint density at radius 3 is 2.58 bits per heavy atom. The molecule has 0 saturated carbocycles. The first kappa shape index (κ1) is 20.6. The van der Waals surface area contributed by atoms with E-state index in [1.165, 1.54) is 22.5 Å². The summed E-state index contributed by atoms with van der Waals surface area (Å²) in [6.07, 6.45) is -0.672. The number of hydrogen-bond donors (Lipinski definition) is 1. The summed E-state index contributed by atoms with van der Waals surface area (Å²) in [6.45, 7) is 3.79. The van der Waals surface area contributed by atoms with Crippen molar-refractivity contribution in [3.8, 4) is 0 Å². The third-order valence-electron chi connectivity index (χ3n) is 3.83. The predicted molar refractivity (Wildman–Crippen MR) is 91.2 cm³/mol. The number of amides is 1. The number of halogens is 5. The van der Waals surface area contributed by atoms with E-state index in [0.29, 0.717) is 17.9 Å². The Balaban J connectivity index is 1.89. The van der Waals surface area contributed by atoms with Crippen LogP contribution >= 0.6 is 23.2 Å². The van der Waals surface area contributed by atoms with Crippen LogP contribution in [0.3, 0.4) is 0 Å². The Morgan fingerprint density at radius 2 is 2.08 bits per heavy atom. The molecule has 0 bridgehead atoms. The number of hydrogen-bond acceptors (Lipinski definition) is 3. The largest absolute Gasteiger partial charge is 0.436 e. The van der Waals surface area contributed by atoms with E-state index in [4.69, 9.17) is 23.2 Å². The van der Waals surface area contributed by atoms with Gasteiger partial charge in [0, 0.05) is 19.3 Å². The van der Waals surface area contributed by atoms with Gasteiger partial charge in [-0.25, -0.2) is 0 Å². The van der Waals surface area contributed by atoms with E-state index in [9.17, 15) is 18.0 Å². The topological polar surface area (TPSA) is 64.7 Å². The average molecular weight is 412 g/mol. The summed E-state index contributed by atoms with van der Waals surface area (Å²) in [5.41, 5.74) is -0.856. The van der Waals surface area contributed by atoms with Gasteiger partial charge in [-0.2, -0.15) is 23.4 Å². The van der Waals surface area contributed by atoms with Gasteiger partial charge in [0.25, 0.3) is 0 Å². The number of nitrogens with zero attached hydrogens (tertiary/aromatic N) is 4. The van der Waals surface area contributed by atoms with Crippen molar-refractivity contribution < 1.29 is 18.0 Å². The molecule has 11 heteroatoms. The van der Waals surface area contributed by atoms with Crippen LogP contribution in [0.5, 0.6) is 0 Å². The van der Waals surface area contributed by atoms with Crippen LogP contribution in [0.15, 0.2) is 12.4 Å². The Morgan fingerprint density at radius 1 is 1.38 bits per heavy atom.